The van der Waals surface area contributed by atoms with Crippen LogP contribution in [0.4, 0.5) is 0 Å². The predicted octanol–water partition coefficient (Wildman–Crippen LogP) is 1.76. The summed E-state index contributed by atoms with van der Waals surface area (Å²) in [5.41, 5.74) is 0.780. The standard InChI is InChI=1S/C19H27NO6/c1-6-11(2)19(23)26-16-9-13-8-14(10-15(16)20(13)4)25-17(21)7-12(3)18(22)24-5/h6-7,13-16H,8-10H2,1-5H3/b11-6+,12-7+/t13-,14-,15+,16-/m1/s1. The van der Waals surface area contributed by atoms with E-state index < -0.39 is 11.9 Å². The Morgan fingerprint density at radius 2 is 1.69 bits per heavy atom. The highest BCUT2D eigenvalue weighted by atomic mass is 16.6. The normalized spacial score (nSPS) is 29.3. The van der Waals surface area contributed by atoms with Gasteiger partial charge in [-0.3, -0.25) is 4.90 Å². The molecule has 0 unspecified atom stereocenters. The number of carbonyl (C=O) groups excluding carboxylic acids is 3. The lowest BCUT2D eigenvalue weighted by atomic mass is 10.00. The second-order valence-electron chi connectivity index (χ2n) is 6.89. The minimum atomic E-state index is -0.559. The highest BCUT2D eigenvalue weighted by Crippen LogP contribution is 2.37. The monoisotopic (exact) mass is 365 g/mol. The minimum Gasteiger partial charge on any atom is -0.466 e. The van der Waals surface area contributed by atoms with Crippen LogP contribution in [0.1, 0.15) is 40.0 Å². The van der Waals surface area contributed by atoms with Gasteiger partial charge < -0.3 is 14.2 Å². The number of nitrogens with zero attached hydrogens (tertiary/aromatic N) is 1. The number of methoxy groups -OCH3 is 1. The summed E-state index contributed by atoms with van der Waals surface area (Å²) in [6.45, 7) is 5.03. The Bertz CT molecular complexity index is 638. The van der Waals surface area contributed by atoms with Crippen LogP contribution in [-0.4, -0.2) is 61.3 Å². The summed E-state index contributed by atoms with van der Waals surface area (Å²) >= 11 is 0. The zero-order valence-electron chi connectivity index (χ0n) is 16.0. The van der Waals surface area contributed by atoms with E-state index in [0.29, 0.717) is 18.4 Å². The van der Waals surface area contributed by atoms with E-state index in [0.717, 1.165) is 12.5 Å². The van der Waals surface area contributed by atoms with Crippen LogP contribution in [0.3, 0.4) is 0 Å². The molecule has 7 nitrogen and oxygen atoms in total. The van der Waals surface area contributed by atoms with Crippen LogP contribution < -0.4 is 0 Å². The predicted molar refractivity (Wildman–Crippen MR) is 94.2 cm³/mol. The van der Waals surface area contributed by atoms with Gasteiger partial charge in [0.05, 0.1) is 13.2 Å². The minimum absolute atomic E-state index is 0.0193. The first kappa shape index (κ1) is 20.2. The Morgan fingerprint density at radius 1 is 1.00 bits per heavy atom. The maximum atomic E-state index is 12.1. The average molecular weight is 365 g/mol. The van der Waals surface area contributed by atoms with Crippen molar-refractivity contribution in [2.75, 3.05) is 14.2 Å². The second-order valence-corrected chi connectivity index (χ2v) is 6.89. The molecule has 2 heterocycles. The maximum Gasteiger partial charge on any atom is 0.333 e. The van der Waals surface area contributed by atoms with Gasteiger partial charge >= 0.3 is 17.9 Å². The number of hydrogen-bond donors (Lipinski definition) is 0. The first-order chi connectivity index (χ1) is 12.3. The number of carbonyl (C=O) groups is 3. The number of ether oxygens (including phenoxy) is 3. The molecule has 144 valence electrons. The van der Waals surface area contributed by atoms with E-state index in [1.165, 1.54) is 14.0 Å². The summed E-state index contributed by atoms with van der Waals surface area (Å²) in [6.07, 6.45) is 4.42. The summed E-state index contributed by atoms with van der Waals surface area (Å²) < 4.78 is 15.7. The molecule has 0 aliphatic carbocycles. The van der Waals surface area contributed by atoms with E-state index in [-0.39, 0.29) is 35.8 Å². The largest absolute Gasteiger partial charge is 0.466 e. The molecule has 26 heavy (non-hydrogen) atoms. The number of esters is 3. The van der Waals surface area contributed by atoms with E-state index in [1.54, 1.807) is 19.9 Å². The van der Waals surface area contributed by atoms with Crippen molar-refractivity contribution in [3.05, 3.63) is 23.3 Å². The van der Waals surface area contributed by atoms with Crippen molar-refractivity contribution in [1.82, 2.24) is 4.90 Å². The molecule has 7 heteroatoms. The third-order valence-corrected chi connectivity index (χ3v) is 5.21. The van der Waals surface area contributed by atoms with Gasteiger partial charge in [-0.1, -0.05) is 6.08 Å². The van der Waals surface area contributed by atoms with Crippen LogP contribution in [0.5, 0.6) is 0 Å². The molecule has 4 atom stereocenters. The Morgan fingerprint density at radius 3 is 2.31 bits per heavy atom. The SMILES string of the molecule is C/C=C(\C)C(=O)O[C@@H]1C[C@H]2C[C@@H](OC(=O)/C=C(\C)C(=O)OC)C[C@@H]1N2C. The Balaban J connectivity index is 1.97. The fourth-order valence-corrected chi connectivity index (χ4v) is 3.54. The first-order valence-electron chi connectivity index (χ1n) is 8.79. The highest BCUT2D eigenvalue weighted by Gasteiger charge is 2.47. The van der Waals surface area contributed by atoms with Gasteiger partial charge in [-0.15, -0.1) is 0 Å². The average Bonchev–Trinajstić information content (AvgIpc) is 2.78. The lowest BCUT2D eigenvalue weighted by Gasteiger charge is -2.36. The molecule has 0 N–H and O–H groups in total. The van der Waals surface area contributed by atoms with Gasteiger partial charge in [0.1, 0.15) is 12.2 Å². The van der Waals surface area contributed by atoms with Crippen LogP contribution in [-0.2, 0) is 28.6 Å². The van der Waals surface area contributed by atoms with Gasteiger partial charge in [0.2, 0.25) is 0 Å². The molecule has 2 bridgehead atoms. The molecule has 0 aromatic carbocycles. The quantitative estimate of drug-likeness (QED) is 0.417. The molecule has 2 saturated heterocycles. The molecular formula is C19H27NO6. The van der Waals surface area contributed by atoms with E-state index >= 15 is 0 Å². The van der Waals surface area contributed by atoms with Crippen molar-refractivity contribution in [2.24, 2.45) is 0 Å². The topological polar surface area (TPSA) is 82.1 Å². The summed E-state index contributed by atoms with van der Waals surface area (Å²) in [4.78, 5) is 37.6. The van der Waals surface area contributed by atoms with Gasteiger partial charge in [0.25, 0.3) is 0 Å². The number of hydrogen-bond acceptors (Lipinski definition) is 7. The fourth-order valence-electron chi connectivity index (χ4n) is 3.54. The van der Waals surface area contributed by atoms with Crippen LogP contribution in [0, 0.1) is 0 Å². The third kappa shape index (κ3) is 4.52. The van der Waals surface area contributed by atoms with E-state index in [4.69, 9.17) is 9.47 Å². The molecule has 0 saturated carbocycles. The van der Waals surface area contributed by atoms with Gasteiger partial charge in [0.15, 0.2) is 0 Å². The Kier molecular flexibility index (Phi) is 6.58. The lowest BCUT2D eigenvalue weighted by Crippen LogP contribution is -2.46. The van der Waals surface area contributed by atoms with E-state index in [2.05, 4.69) is 9.64 Å². The number of fused-ring (bicyclic) bond motifs is 2. The van der Waals surface area contributed by atoms with Gasteiger partial charge in [0, 0.05) is 42.5 Å². The third-order valence-electron chi connectivity index (χ3n) is 5.21. The number of rotatable bonds is 5. The summed E-state index contributed by atoms with van der Waals surface area (Å²) in [5.74, 6) is -1.42. The Hall–Kier alpha value is -2.15. The van der Waals surface area contributed by atoms with Crippen molar-refractivity contribution in [3.8, 4) is 0 Å². The highest BCUT2D eigenvalue weighted by molar-refractivity contribution is 5.95. The molecule has 2 aliphatic rings. The van der Waals surface area contributed by atoms with Crippen LogP contribution in [0.25, 0.3) is 0 Å². The molecule has 0 aromatic heterocycles. The summed E-state index contributed by atoms with van der Waals surface area (Å²) in [5, 5.41) is 0. The van der Waals surface area contributed by atoms with Gasteiger partial charge in [-0.05, 0) is 27.8 Å². The number of allylic oxidation sites excluding steroid dienone is 1. The summed E-state index contributed by atoms with van der Waals surface area (Å²) in [6, 6.07) is 0.215. The van der Waals surface area contributed by atoms with E-state index in [9.17, 15) is 14.4 Å². The smallest absolute Gasteiger partial charge is 0.333 e. The fraction of sp³-hybridized carbons (Fsp3) is 0.632. The van der Waals surface area contributed by atoms with Gasteiger partial charge in [-0.2, -0.15) is 0 Å². The molecule has 2 fully saturated rings. The number of piperidine rings is 1. The molecular weight excluding hydrogens is 338 g/mol. The molecule has 0 aromatic rings. The van der Waals surface area contributed by atoms with Crippen molar-refractivity contribution in [3.63, 3.8) is 0 Å². The number of likely N-dealkylation sites (N-methyl/N-ethyl adjacent to an activating group) is 1. The second kappa shape index (κ2) is 8.49. The Labute approximate surface area is 154 Å². The first-order valence-corrected chi connectivity index (χ1v) is 8.79. The van der Waals surface area contributed by atoms with E-state index in [1.807, 2.05) is 7.05 Å². The zero-order chi connectivity index (χ0) is 19.4. The van der Waals surface area contributed by atoms with Crippen molar-refractivity contribution in [2.45, 2.75) is 64.3 Å². The zero-order valence-corrected chi connectivity index (χ0v) is 16.0. The molecule has 2 rings (SSSR count). The van der Waals surface area contributed by atoms with Crippen LogP contribution >= 0.6 is 0 Å². The van der Waals surface area contributed by atoms with Crippen molar-refractivity contribution < 1.29 is 28.6 Å². The lowest BCUT2D eigenvalue weighted by molar-refractivity contribution is -0.150. The molecule has 0 radical (unpaired) electrons. The van der Waals surface area contributed by atoms with Gasteiger partial charge in [-0.25, -0.2) is 14.4 Å². The summed E-state index contributed by atoms with van der Waals surface area (Å²) in [7, 11) is 3.27. The molecule has 2 aliphatic heterocycles. The molecule has 0 amide bonds. The molecule has 0 spiro atoms. The van der Waals surface area contributed by atoms with Crippen LogP contribution in [0.15, 0.2) is 23.3 Å². The van der Waals surface area contributed by atoms with Crippen molar-refractivity contribution >= 4 is 17.9 Å². The maximum absolute atomic E-state index is 12.1. The van der Waals surface area contributed by atoms with Crippen LogP contribution in [0.2, 0.25) is 0 Å². The van der Waals surface area contributed by atoms with Crippen molar-refractivity contribution in [1.29, 1.82) is 0 Å².